The molecule has 3 aromatic rings. The van der Waals surface area contributed by atoms with Crippen molar-refractivity contribution in [2.24, 2.45) is 0 Å². The van der Waals surface area contributed by atoms with Crippen molar-refractivity contribution in [3.8, 4) is 0 Å². The molecule has 1 aliphatic heterocycles. The second-order valence-electron chi connectivity index (χ2n) is 7.69. The van der Waals surface area contributed by atoms with E-state index in [1.807, 2.05) is 13.0 Å². The first-order valence-electron chi connectivity index (χ1n) is 9.98. The molecule has 3 heterocycles. The van der Waals surface area contributed by atoms with Gasteiger partial charge in [0.05, 0.1) is 13.2 Å². The molecule has 17 heteroatoms. The second-order valence-corrected chi connectivity index (χ2v) is 10.0. The second kappa shape index (κ2) is 9.82. The maximum atomic E-state index is 13.1. The molecule has 0 spiro atoms. The molecule has 1 aromatic carbocycles. The Kier molecular flexibility index (Phi) is 7.16. The number of aromatic nitrogens is 3. The summed E-state index contributed by atoms with van der Waals surface area (Å²) < 4.78 is 42.9. The Morgan fingerprint density at radius 1 is 1.23 bits per heavy atom. The van der Waals surface area contributed by atoms with Crippen LogP contribution in [0.25, 0.3) is 11.0 Å². The normalized spacial score (nSPS) is 24.5. The molecule has 4 rings (SSSR count). The van der Waals surface area contributed by atoms with Gasteiger partial charge < -0.3 is 19.5 Å². The number of aliphatic hydroxyl groups excluding tert-OH is 2. The zero-order valence-electron chi connectivity index (χ0n) is 17.9. The lowest BCUT2D eigenvalue weighted by molar-refractivity contribution is -0.0546. The van der Waals surface area contributed by atoms with Gasteiger partial charge >= 0.3 is 21.8 Å². The monoisotopic (exact) mass is 532 g/mol. The summed E-state index contributed by atoms with van der Waals surface area (Å²) in [6.07, 6.45) is -5.24. The van der Waals surface area contributed by atoms with Gasteiger partial charge in [0.2, 0.25) is 0 Å². The summed E-state index contributed by atoms with van der Waals surface area (Å²) in [5.41, 5.74) is 0.155. The molecular formula is C18H20N3O12P2+. The van der Waals surface area contributed by atoms with Crippen molar-refractivity contribution in [1.29, 1.82) is 0 Å². The molecule has 4 N–H and O–H groups in total. The van der Waals surface area contributed by atoms with Gasteiger partial charge in [-0.05, 0) is 28.9 Å². The standard InChI is InChI=1S/C18H19N3O12P2/c1-9-2-3-10-11(19-32-12(10)6-9)7-21-14(22)4-5-20(18(21)25)17-16(24)15(23)13(31-17)8-30-35(28,29)33-34(26)27/h2-6,13,15-17,23-24H,7-8H2,1H3,(H-,26,27,28,29)/p+1/t13-,15+,16?,17-/m1/s1. The average Bonchev–Trinajstić information content (AvgIpc) is 3.29. The molecular weight excluding hydrogens is 512 g/mol. The van der Waals surface area contributed by atoms with E-state index in [0.29, 0.717) is 16.7 Å². The van der Waals surface area contributed by atoms with Crippen molar-refractivity contribution < 1.29 is 47.2 Å². The van der Waals surface area contributed by atoms with E-state index in [1.165, 1.54) is 0 Å². The molecule has 35 heavy (non-hydrogen) atoms. The number of benzene rings is 1. The van der Waals surface area contributed by atoms with Crippen molar-refractivity contribution in [2.75, 3.05) is 6.61 Å². The molecule has 1 aliphatic rings. The van der Waals surface area contributed by atoms with Gasteiger partial charge in [-0.15, -0.1) is 4.89 Å². The number of aryl methyl sites for hydroxylation is 1. The Morgan fingerprint density at radius 2 is 1.97 bits per heavy atom. The minimum atomic E-state index is -4.96. The molecule has 0 amide bonds. The highest BCUT2D eigenvalue weighted by Gasteiger charge is 2.46. The third kappa shape index (κ3) is 5.33. The van der Waals surface area contributed by atoms with Crippen LogP contribution in [0.3, 0.4) is 0 Å². The highest BCUT2D eigenvalue weighted by atomic mass is 31.2. The number of rotatable bonds is 8. The first kappa shape index (κ1) is 25.5. The number of hydrogen-bond donors (Lipinski definition) is 4. The van der Waals surface area contributed by atoms with E-state index in [1.54, 1.807) is 12.1 Å². The number of ether oxygens (including phenoxy) is 1. The molecule has 1 saturated heterocycles. The minimum absolute atomic E-state index is 0.253. The van der Waals surface area contributed by atoms with E-state index < -0.39 is 58.5 Å². The Hall–Kier alpha value is -2.58. The van der Waals surface area contributed by atoms with Crippen LogP contribution in [0.1, 0.15) is 17.5 Å². The molecule has 15 nitrogen and oxygen atoms in total. The summed E-state index contributed by atoms with van der Waals surface area (Å²) in [5.74, 6) is 0. The Balaban J connectivity index is 1.58. The summed E-state index contributed by atoms with van der Waals surface area (Å²) in [7, 11) is -8.40. The van der Waals surface area contributed by atoms with Crippen LogP contribution < -0.4 is 11.2 Å². The zero-order valence-corrected chi connectivity index (χ0v) is 19.7. The highest BCUT2D eigenvalue weighted by Crippen LogP contribution is 2.51. The van der Waals surface area contributed by atoms with E-state index in [4.69, 9.17) is 14.2 Å². The smallest absolute Gasteiger partial charge is 0.387 e. The SMILES string of the molecule is Cc1ccc2c(Cn3c(=O)ccn([C@@H]4O[C@H](COP(=O)(O)O[P+](=O)O)[C@H](O)C4O)c3=O)noc2c1. The number of phosphoric ester groups is 1. The number of hydrogen-bond acceptors (Lipinski definition) is 11. The van der Waals surface area contributed by atoms with Gasteiger partial charge in [0, 0.05) is 22.2 Å². The summed E-state index contributed by atoms with van der Waals surface area (Å²) >= 11 is 0. The largest absolute Gasteiger partial charge is 0.705 e. The van der Waals surface area contributed by atoms with Crippen LogP contribution in [0.2, 0.25) is 0 Å². The van der Waals surface area contributed by atoms with Crippen molar-refractivity contribution in [3.05, 3.63) is 62.6 Å². The molecule has 0 aliphatic carbocycles. The van der Waals surface area contributed by atoms with Gasteiger partial charge in [0.15, 0.2) is 11.8 Å². The Labute approximate surface area is 196 Å². The topological polar surface area (TPSA) is 213 Å². The van der Waals surface area contributed by atoms with Crippen LogP contribution in [-0.2, 0) is 29.2 Å². The fraction of sp³-hybridized carbons (Fsp3) is 0.389. The minimum Gasteiger partial charge on any atom is -0.387 e. The predicted molar refractivity (Wildman–Crippen MR) is 115 cm³/mol. The van der Waals surface area contributed by atoms with Crippen LogP contribution in [0.5, 0.6) is 0 Å². The number of aliphatic hydroxyl groups is 2. The van der Waals surface area contributed by atoms with Gasteiger partial charge in [0.25, 0.3) is 5.56 Å². The van der Waals surface area contributed by atoms with Gasteiger partial charge in [-0.2, -0.15) is 0 Å². The van der Waals surface area contributed by atoms with Crippen LogP contribution >= 0.6 is 16.1 Å². The van der Waals surface area contributed by atoms with Gasteiger partial charge in [-0.3, -0.25) is 23.3 Å². The predicted octanol–water partition coefficient (Wildman–Crippen LogP) is -0.0896. The number of nitrogens with zero attached hydrogens (tertiary/aromatic N) is 3. The summed E-state index contributed by atoms with van der Waals surface area (Å²) in [5, 5.41) is 25.2. The summed E-state index contributed by atoms with van der Waals surface area (Å²) in [6, 6.07) is 6.36. The van der Waals surface area contributed by atoms with Crippen molar-refractivity contribution in [1.82, 2.24) is 14.3 Å². The third-order valence-corrected chi connectivity index (χ3v) is 7.15. The average molecular weight is 532 g/mol. The Morgan fingerprint density at radius 3 is 2.69 bits per heavy atom. The fourth-order valence-corrected chi connectivity index (χ4v) is 4.84. The molecule has 2 aromatic heterocycles. The molecule has 0 saturated carbocycles. The molecule has 0 radical (unpaired) electrons. The molecule has 3 unspecified atom stereocenters. The zero-order chi connectivity index (χ0) is 25.5. The van der Waals surface area contributed by atoms with E-state index in [9.17, 15) is 33.8 Å². The quantitative estimate of drug-likeness (QED) is 0.280. The van der Waals surface area contributed by atoms with Crippen LogP contribution in [0.4, 0.5) is 0 Å². The van der Waals surface area contributed by atoms with Crippen molar-refractivity contribution in [2.45, 2.75) is 38.0 Å². The molecule has 6 atom stereocenters. The molecule has 0 bridgehead atoms. The summed E-state index contributed by atoms with van der Waals surface area (Å²) in [6.45, 7) is 0.781. The maximum Gasteiger partial charge on any atom is 0.705 e. The third-order valence-electron chi connectivity index (χ3n) is 5.29. The lowest BCUT2D eigenvalue weighted by Crippen LogP contribution is -2.43. The molecule has 1 fully saturated rings. The number of phosphoric acid groups is 1. The van der Waals surface area contributed by atoms with Crippen LogP contribution in [-0.4, -0.2) is 59.2 Å². The van der Waals surface area contributed by atoms with Crippen molar-refractivity contribution in [3.63, 3.8) is 0 Å². The first-order chi connectivity index (χ1) is 16.5. The van der Waals surface area contributed by atoms with E-state index in [0.717, 1.165) is 27.0 Å². The van der Waals surface area contributed by atoms with E-state index in [2.05, 4.69) is 14.0 Å². The number of fused-ring (bicyclic) bond motifs is 1. The van der Waals surface area contributed by atoms with Gasteiger partial charge in [-0.25, -0.2) is 9.36 Å². The van der Waals surface area contributed by atoms with Crippen LogP contribution in [0.15, 0.2) is 44.6 Å². The van der Waals surface area contributed by atoms with Gasteiger partial charge in [0.1, 0.15) is 24.0 Å². The highest BCUT2D eigenvalue weighted by molar-refractivity contribution is 7.55. The molecule has 188 valence electrons. The summed E-state index contributed by atoms with van der Waals surface area (Å²) in [4.78, 5) is 43.5. The lowest BCUT2D eigenvalue weighted by Gasteiger charge is -2.18. The fourth-order valence-electron chi connectivity index (χ4n) is 3.61. The maximum absolute atomic E-state index is 13.1. The van der Waals surface area contributed by atoms with Crippen molar-refractivity contribution >= 4 is 27.0 Å². The van der Waals surface area contributed by atoms with E-state index >= 15 is 0 Å². The van der Waals surface area contributed by atoms with Gasteiger partial charge in [-0.1, -0.05) is 11.2 Å². The van der Waals surface area contributed by atoms with Crippen LogP contribution in [0, 0.1) is 6.92 Å². The van der Waals surface area contributed by atoms with E-state index in [-0.39, 0.29) is 6.54 Å². The lowest BCUT2D eigenvalue weighted by atomic mass is 10.1. The first-order valence-corrected chi connectivity index (χ1v) is 12.6. The Bertz CT molecular complexity index is 1430.